The van der Waals surface area contributed by atoms with Gasteiger partial charge in [0.1, 0.15) is 0 Å². The second-order valence-corrected chi connectivity index (χ2v) is 6.44. The number of rotatable bonds is 2. The van der Waals surface area contributed by atoms with Crippen molar-refractivity contribution in [3.8, 4) is 0 Å². The van der Waals surface area contributed by atoms with Crippen LogP contribution in [0, 0.1) is 17.8 Å². The van der Waals surface area contributed by atoms with E-state index in [0.29, 0.717) is 11.8 Å². The Hall–Kier alpha value is -0.280. The van der Waals surface area contributed by atoms with Crippen molar-refractivity contribution in [1.82, 2.24) is 10.6 Å². The molecule has 3 aliphatic rings. The second kappa shape index (κ2) is 5.38. The van der Waals surface area contributed by atoms with Gasteiger partial charge in [-0.2, -0.15) is 0 Å². The average Bonchev–Trinajstić information content (AvgIpc) is 3.03. The maximum atomic E-state index is 12.3. The zero-order valence-electron chi connectivity index (χ0n) is 11.2. The number of amides is 1. The highest BCUT2D eigenvalue weighted by atomic mass is 35.5. The van der Waals surface area contributed by atoms with Crippen LogP contribution in [0.15, 0.2) is 0 Å². The molecular formula is C14H25ClN2O. The first-order valence-electron chi connectivity index (χ1n) is 7.22. The summed E-state index contributed by atoms with van der Waals surface area (Å²) in [6.45, 7) is 4.28. The summed E-state index contributed by atoms with van der Waals surface area (Å²) < 4.78 is 0. The van der Waals surface area contributed by atoms with Gasteiger partial charge in [-0.25, -0.2) is 0 Å². The Bertz CT molecular complexity index is 303. The predicted molar refractivity (Wildman–Crippen MR) is 74.8 cm³/mol. The molecule has 0 aromatic rings. The average molecular weight is 273 g/mol. The van der Waals surface area contributed by atoms with Gasteiger partial charge in [0, 0.05) is 11.5 Å². The summed E-state index contributed by atoms with van der Waals surface area (Å²) in [6, 6.07) is 0. The van der Waals surface area contributed by atoms with Gasteiger partial charge in [-0.1, -0.05) is 12.8 Å². The van der Waals surface area contributed by atoms with Gasteiger partial charge < -0.3 is 10.6 Å². The quantitative estimate of drug-likeness (QED) is 0.808. The van der Waals surface area contributed by atoms with E-state index in [1.807, 2.05) is 0 Å². The van der Waals surface area contributed by atoms with Crippen molar-refractivity contribution in [3.63, 3.8) is 0 Å². The van der Waals surface area contributed by atoms with E-state index in [-0.39, 0.29) is 17.9 Å². The lowest BCUT2D eigenvalue weighted by Gasteiger charge is -2.35. The molecule has 0 bridgehead atoms. The zero-order chi connectivity index (χ0) is 11.9. The molecule has 0 aromatic carbocycles. The maximum absolute atomic E-state index is 12.3. The fraction of sp³-hybridized carbons (Fsp3) is 0.929. The molecule has 2 N–H and O–H groups in total. The van der Waals surface area contributed by atoms with Crippen LogP contribution in [0.5, 0.6) is 0 Å². The summed E-state index contributed by atoms with van der Waals surface area (Å²) in [7, 11) is 0. The molecule has 0 radical (unpaired) electrons. The Labute approximate surface area is 116 Å². The Kier molecular flexibility index (Phi) is 4.22. The zero-order valence-corrected chi connectivity index (χ0v) is 12.0. The first-order valence-corrected chi connectivity index (χ1v) is 7.22. The number of fused-ring (bicyclic) bond motifs is 1. The number of piperidine rings is 1. The van der Waals surface area contributed by atoms with E-state index in [9.17, 15) is 4.79 Å². The summed E-state index contributed by atoms with van der Waals surface area (Å²) >= 11 is 0. The molecule has 1 heterocycles. The monoisotopic (exact) mass is 272 g/mol. The third kappa shape index (κ3) is 2.67. The molecule has 2 saturated carbocycles. The van der Waals surface area contributed by atoms with E-state index in [1.165, 1.54) is 25.7 Å². The molecule has 1 amide bonds. The SMILES string of the molecule is CC1(NC(=O)C2C3CCCCC32)CCNCC1.Cl. The van der Waals surface area contributed by atoms with E-state index in [4.69, 9.17) is 0 Å². The molecule has 1 saturated heterocycles. The minimum absolute atomic E-state index is 0. The van der Waals surface area contributed by atoms with E-state index >= 15 is 0 Å². The lowest BCUT2D eigenvalue weighted by Crippen LogP contribution is -2.53. The highest BCUT2D eigenvalue weighted by Gasteiger charge is 2.55. The van der Waals surface area contributed by atoms with Crippen LogP contribution in [-0.2, 0) is 4.79 Å². The first kappa shape index (κ1) is 14.1. The third-order valence-electron chi connectivity index (χ3n) is 5.09. The van der Waals surface area contributed by atoms with Gasteiger partial charge in [-0.3, -0.25) is 4.79 Å². The van der Waals surface area contributed by atoms with E-state index in [2.05, 4.69) is 17.6 Å². The van der Waals surface area contributed by atoms with Gasteiger partial charge in [0.25, 0.3) is 0 Å². The van der Waals surface area contributed by atoms with Gasteiger partial charge in [0.2, 0.25) is 5.91 Å². The van der Waals surface area contributed by atoms with Crippen molar-refractivity contribution in [2.45, 2.75) is 51.0 Å². The molecule has 0 aromatic heterocycles. The van der Waals surface area contributed by atoms with Gasteiger partial charge in [0.15, 0.2) is 0 Å². The number of halogens is 1. The molecule has 2 atom stereocenters. The number of carbonyl (C=O) groups is 1. The largest absolute Gasteiger partial charge is 0.351 e. The van der Waals surface area contributed by atoms with E-state index in [0.717, 1.165) is 37.8 Å². The highest BCUT2D eigenvalue weighted by molar-refractivity contribution is 5.85. The van der Waals surface area contributed by atoms with Crippen molar-refractivity contribution in [2.24, 2.45) is 17.8 Å². The fourth-order valence-electron chi connectivity index (χ4n) is 3.87. The van der Waals surface area contributed by atoms with Gasteiger partial charge in [0.05, 0.1) is 0 Å². The molecular weight excluding hydrogens is 248 g/mol. The van der Waals surface area contributed by atoms with Gasteiger partial charge >= 0.3 is 0 Å². The summed E-state index contributed by atoms with van der Waals surface area (Å²) in [5.74, 6) is 2.18. The topological polar surface area (TPSA) is 41.1 Å². The number of carbonyl (C=O) groups excluding carboxylic acids is 1. The normalized spacial score (nSPS) is 37.1. The van der Waals surface area contributed by atoms with Crippen LogP contribution in [0.25, 0.3) is 0 Å². The molecule has 0 spiro atoms. The standard InChI is InChI=1S/C14H24N2O.ClH/c1-14(6-8-15-9-7-14)16-13(17)12-10-4-2-3-5-11(10)12;/h10-12,15H,2-9H2,1H3,(H,16,17);1H. The highest BCUT2D eigenvalue weighted by Crippen LogP contribution is 2.55. The maximum Gasteiger partial charge on any atom is 0.224 e. The lowest BCUT2D eigenvalue weighted by atomic mass is 9.90. The Morgan fingerprint density at radius 3 is 2.28 bits per heavy atom. The number of nitrogens with one attached hydrogen (secondary N) is 2. The molecule has 2 unspecified atom stereocenters. The van der Waals surface area contributed by atoms with Crippen LogP contribution < -0.4 is 10.6 Å². The smallest absolute Gasteiger partial charge is 0.224 e. The van der Waals surface area contributed by atoms with E-state index < -0.39 is 0 Å². The molecule has 1 aliphatic heterocycles. The fourth-order valence-corrected chi connectivity index (χ4v) is 3.87. The van der Waals surface area contributed by atoms with Crippen LogP contribution in [0.2, 0.25) is 0 Å². The van der Waals surface area contributed by atoms with Gasteiger partial charge in [-0.05, 0) is 57.5 Å². The van der Waals surface area contributed by atoms with Crippen LogP contribution in [-0.4, -0.2) is 24.5 Å². The number of hydrogen-bond acceptors (Lipinski definition) is 2. The molecule has 4 heteroatoms. The molecule has 104 valence electrons. The Morgan fingerprint density at radius 1 is 1.17 bits per heavy atom. The van der Waals surface area contributed by atoms with Gasteiger partial charge in [-0.15, -0.1) is 12.4 Å². The minimum Gasteiger partial charge on any atom is -0.351 e. The summed E-state index contributed by atoms with van der Waals surface area (Å²) in [5, 5.41) is 6.69. The van der Waals surface area contributed by atoms with E-state index in [1.54, 1.807) is 0 Å². The predicted octanol–water partition coefficient (Wildman–Crippen LogP) is 2.10. The van der Waals surface area contributed by atoms with Crippen LogP contribution in [0.4, 0.5) is 0 Å². The summed E-state index contributed by atoms with van der Waals surface area (Å²) in [4.78, 5) is 12.3. The van der Waals surface area contributed by atoms with Crippen LogP contribution in [0.3, 0.4) is 0 Å². The summed E-state index contributed by atoms with van der Waals surface area (Å²) in [5.41, 5.74) is 0.0497. The minimum atomic E-state index is 0. The molecule has 3 fully saturated rings. The van der Waals surface area contributed by atoms with Crippen LogP contribution in [0.1, 0.15) is 45.4 Å². The second-order valence-electron chi connectivity index (χ2n) is 6.44. The van der Waals surface area contributed by atoms with Crippen LogP contribution >= 0.6 is 12.4 Å². The van der Waals surface area contributed by atoms with Crippen molar-refractivity contribution in [2.75, 3.05) is 13.1 Å². The summed E-state index contributed by atoms with van der Waals surface area (Å²) in [6.07, 6.45) is 7.40. The molecule has 2 aliphatic carbocycles. The first-order chi connectivity index (χ1) is 8.20. The molecule has 3 rings (SSSR count). The van der Waals surface area contributed by atoms with Crippen molar-refractivity contribution < 1.29 is 4.79 Å². The van der Waals surface area contributed by atoms with Crippen molar-refractivity contribution in [1.29, 1.82) is 0 Å². The molecule has 3 nitrogen and oxygen atoms in total. The lowest BCUT2D eigenvalue weighted by molar-refractivity contribution is -0.125. The Morgan fingerprint density at radius 2 is 1.72 bits per heavy atom. The third-order valence-corrected chi connectivity index (χ3v) is 5.09. The Balaban J connectivity index is 0.00000120. The number of hydrogen-bond donors (Lipinski definition) is 2. The van der Waals surface area contributed by atoms with Crippen molar-refractivity contribution >= 4 is 18.3 Å². The van der Waals surface area contributed by atoms with Crippen molar-refractivity contribution in [3.05, 3.63) is 0 Å². The molecule has 18 heavy (non-hydrogen) atoms.